The Morgan fingerprint density at radius 1 is 0.614 bits per heavy atom. The van der Waals surface area contributed by atoms with E-state index in [-0.39, 0.29) is 45.7 Å². The summed E-state index contributed by atoms with van der Waals surface area (Å²) in [4.78, 5) is 46.6. The quantitative estimate of drug-likeness (QED) is 0.0950. The van der Waals surface area contributed by atoms with E-state index in [1.807, 2.05) is 0 Å². The summed E-state index contributed by atoms with van der Waals surface area (Å²) >= 11 is 0. The molecule has 23 heteroatoms. The van der Waals surface area contributed by atoms with Crippen LogP contribution in [0, 0.1) is 13.8 Å². The average Bonchev–Trinajstić information content (AvgIpc) is 3.61. The summed E-state index contributed by atoms with van der Waals surface area (Å²) in [6.45, 7) is 3.16. The van der Waals surface area contributed by atoms with Crippen molar-refractivity contribution in [2.75, 3.05) is 0 Å². The van der Waals surface area contributed by atoms with Gasteiger partial charge in [-0.15, -0.1) is 20.5 Å². The van der Waals surface area contributed by atoms with Crippen molar-refractivity contribution in [3.05, 3.63) is 140 Å². The van der Waals surface area contributed by atoms with Crippen molar-refractivity contribution < 1.29 is 63.1 Å². The Balaban J connectivity index is 0.000000248. The fraction of sp³-hybridized carbons (Fsp3) is 0.0588. The molecule has 57 heavy (non-hydrogen) atoms. The summed E-state index contributed by atoms with van der Waals surface area (Å²) < 4.78 is 65.9. The van der Waals surface area contributed by atoms with Crippen molar-refractivity contribution in [3.63, 3.8) is 0 Å². The van der Waals surface area contributed by atoms with Crippen LogP contribution < -0.4 is 16.2 Å². The maximum atomic E-state index is 12.6. The van der Waals surface area contributed by atoms with Crippen molar-refractivity contribution in [2.24, 2.45) is 20.5 Å². The number of aromatic amines is 2. The molecule has 2 aromatic heterocycles. The van der Waals surface area contributed by atoms with Gasteiger partial charge in [0.15, 0.2) is 11.4 Å². The monoisotopic (exact) mass is 855 g/mol. The predicted molar refractivity (Wildman–Crippen MR) is 194 cm³/mol. The molecule has 0 saturated heterocycles. The minimum Gasteiger partial charge on any atom is -0.545 e. The summed E-state index contributed by atoms with van der Waals surface area (Å²) in [5.41, 5.74) is -0.862. The van der Waals surface area contributed by atoms with Gasteiger partial charge in [-0.05, 0) is 74.5 Å². The molecule has 0 aliphatic heterocycles. The number of nitrogens with zero attached hydrogens (tertiary/aromatic N) is 6. The second-order valence-electron chi connectivity index (χ2n) is 11.4. The molecule has 0 bridgehead atoms. The van der Waals surface area contributed by atoms with E-state index in [2.05, 4.69) is 30.7 Å². The van der Waals surface area contributed by atoms with Crippen LogP contribution in [-0.4, -0.2) is 62.5 Å². The molecule has 0 fully saturated rings. The number of carboxylic acid groups (broad SMARTS) is 2. The van der Waals surface area contributed by atoms with Crippen molar-refractivity contribution in [1.29, 1.82) is 0 Å². The summed E-state index contributed by atoms with van der Waals surface area (Å²) in [6.07, 6.45) is 0. The molecule has 0 atom stereocenters. The first-order valence-electron chi connectivity index (χ1n) is 15.6. The summed E-state index contributed by atoms with van der Waals surface area (Å²) in [5.74, 6) is -2.99. The first kappa shape index (κ1) is 43.1. The number of carbonyl (C=O) groups is 2. The minimum absolute atomic E-state index is 0. The second kappa shape index (κ2) is 17.5. The van der Waals surface area contributed by atoms with Gasteiger partial charge in [0.2, 0.25) is 0 Å². The molecule has 291 valence electrons. The smallest absolute Gasteiger partial charge is 0.545 e. The first-order chi connectivity index (χ1) is 26.4. The van der Waals surface area contributed by atoms with Crippen LogP contribution in [0.2, 0.25) is 0 Å². The van der Waals surface area contributed by atoms with E-state index in [9.17, 15) is 46.2 Å². The molecule has 4 aromatic carbocycles. The number of nitrogens with one attached hydrogen (secondary N) is 2. The van der Waals surface area contributed by atoms with Gasteiger partial charge in [0, 0.05) is 5.56 Å². The Hall–Kier alpha value is -6.61. The van der Waals surface area contributed by atoms with Crippen LogP contribution in [0.5, 0.6) is 0 Å². The number of aromatic nitrogens is 4. The van der Waals surface area contributed by atoms with E-state index < -0.39 is 58.6 Å². The molecule has 20 nitrogen and oxygen atoms in total. The van der Waals surface area contributed by atoms with E-state index in [1.165, 1.54) is 9.36 Å². The van der Waals surface area contributed by atoms with Gasteiger partial charge in [-0.2, -0.15) is 16.8 Å². The van der Waals surface area contributed by atoms with Crippen LogP contribution in [-0.2, 0) is 37.6 Å². The normalized spacial score (nSPS) is 11.6. The molecule has 0 spiro atoms. The van der Waals surface area contributed by atoms with Crippen LogP contribution in [0.4, 0.5) is 22.7 Å². The summed E-state index contributed by atoms with van der Waals surface area (Å²) in [6, 6.07) is 22.8. The third-order valence-electron chi connectivity index (χ3n) is 7.61. The molecular weight excluding hydrogens is 829 g/mol. The van der Waals surface area contributed by atoms with Gasteiger partial charge in [-0.3, -0.25) is 28.9 Å². The molecule has 0 aliphatic rings. The molecule has 0 aliphatic carbocycles. The van der Waals surface area contributed by atoms with Gasteiger partial charge in [-0.1, -0.05) is 36.4 Å². The number of aromatic carboxylic acids is 2. The molecule has 0 amide bonds. The third-order valence-corrected chi connectivity index (χ3v) is 9.31. The number of rotatable bonds is 10. The third kappa shape index (κ3) is 9.99. The topological polar surface area (TPSA) is 311 Å². The van der Waals surface area contributed by atoms with Crippen LogP contribution in [0.3, 0.4) is 0 Å². The SMILES string of the molecule is Cc1[nH]n(-c2ccccc2)c(=O)c1N=Nc1cc(S(=O)(=O)O)ccc1C(=O)O.Cc1[nH]n(-c2ccccc2)c(=O)c1N=Nc1cc(S(=O)(=O)O)ccc1C(=O)[O-].[Cr+3]. The zero-order valence-corrected chi connectivity index (χ0v) is 32.1. The van der Waals surface area contributed by atoms with E-state index in [0.717, 1.165) is 36.4 Å². The Morgan fingerprint density at radius 3 is 1.33 bits per heavy atom. The van der Waals surface area contributed by atoms with Crippen molar-refractivity contribution >= 4 is 54.9 Å². The molecule has 5 N–H and O–H groups in total. The predicted octanol–water partition coefficient (Wildman–Crippen LogP) is 4.33. The molecule has 6 aromatic rings. The van der Waals surface area contributed by atoms with Crippen molar-refractivity contribution in [2.45, 2.75) is 23.6 Å². The number of benzene rings is 4. The number of carbonyl (C=O) groups excluding carboxylic acids is 1. The van der Waals surface area contributed by atoms with Crippen molar-refractivity contribution in [1.82, 2.24) is 19.6 Å². The Morgan fingerprint density at radius 2 is 0.982 bits per heavy atom. The van der Waals surface area contributed by atoms with Crippen LogP contribution in [0.15, 0.2) is 137 Å². The van der Waals surface area contributed by atoms with E-state index in [1.54, 1.807) is 74.5 Å². The summed E-state index contributed by atoms with van der Waals surface area (Å²) in [5, 5.41) is 41.1. The fourth-order valence-electron chi connectivity index (χ4n) is 4.90. The van der Waals surface area contributed by atoms with Gasteiger partial charge in [0.1, 0.15) is 5.69 Å². The number of hydrogen-bond acceptors (Lipinski definition) is 13. The van der Waals surface area contributed by atoms with Crippen LogP contribution in [0.1, 0.15) is 32.1 Å². The maximum Gasteiger partial charge on any atom is 3.00 e. The number of hydrogen-bond donors (Lipinski definition) is 5. The summed E-state index contributed by atoms with van der Waals surface area (Å²) in [7, 11) is -9.15. The molecule has 1 radical (unpaired) electrons. The Labute approximate surface area is 332 Å². The number of H-pyrrole nitrogens is 2. The van der Waals surface area contributed by atoms with E-state index in [4.69, 9.17) is 9.11 Å². The molecule has 0 saturated carbocycles. The zero-order chi connectivity index (χ0) is 40.9. The zero-order valence-electron chi connectivity index (χ0n) is 29.2. The fourth-order valence-corrected chi connectivity index (χ4v) is 5.90. The van der Waals surface area contributed by atoms with Gasteiger partial charge < -0.3 is 15.0 Å². The largest absolute Gasteiger partial charge is 3.00 e. The Bertz CT molecular complexity index is 2690. The minimum atomic E-state index is -4.59. The Kier molecular flexibility index (Phi) is 13.2. The molecule has 6 rings (SSSR count). The van der Waals surface area contributed by atoms with Gasteiger partial charge >= 0.3 is 23.3 Å². The standard InChI is InChI=1S/2C17H14N4O6S.Cr/c2*1-10-15(16(22)21(20-10)11-5-3-2-4-6-11)19-18-14-9-12(28(25,26)27)7-8-13(14)17(23)24;/h2*2-9,20H,1H3,(H,23,24)(H,25,26,27);/q;;+3/p-1. The molecular formula is C34H27CrN8O12S2+2. The number of para-hydroxylation sites is 2. The number of azo groups is 2. The van der Waals surface area contributed by atoms with E-state index >= 15 is 0 Å². The first-order valence-corrected chi connectivity index (χ1v) is 18.5. The molecule has 0 unspecified atom stereocenters. The number of aryl methyl sites for hydroxylation is 2. The van der Waals surface area contributed by atoms with Gasteiger partial charge in [0.25, 0.3) is 31.4 Å². The van der Waals surface area contributed by atoms with Gasteiger partial charge in [-0.25, -0.2) is 14.2 Å². The van der Waals surface area contributed by atoms with Gasteiger partial charge in [0.05, 0.1) is 49.8 Å². The van der Waals surface area contributed by atoms with Crippen LogP contribution >= 0.6 is 0 Å². The van der Waals surface area contributed by atoms with Crippen molar-refractivity contribution in [3.8, 4) is 11.4 Å². The van der Waals surface area contributed by atoms with Crippen LogP contribution in [0.25, 0.3) is 11.4 Å². The second-order valence-corrected chi connectivity index (χ2v) is 14.3. The number of carboxylic acids is 2. The van der Waals surface area contributed by atoms with E-state index in [0.29, 0.717) is 22.8 Å². The molecule has 2 heterocycles. The average molecular weight is 856 g/mol. The maximum absolute atomic E-state index is 12.6.